The Morgan fingerprint density at radius 2 is 2.03 bits per heavy atom. The summed E-state index contributed by atoms with van der Waals surface area (Å²) in [6.07, 6.45) is 3.29. The molecule has 8 heteroatoms. The van der Waals surface area contributed by atoms with Crippen molar-refractivity contribution in [3.8, 4) is 11.5 Å². The fourth-order valence-electron chi connectivity index (χ4n) is 2.67. The molecule has 0 aromatic heterocycles. The first-order chi connectivity index (χ1) is 13.9. The zero-order valence-corrected chi connectivity index (χ0v) is 18.6. The largest absolute Gasteiger partial charge is 0.490 e. The van der Waals surface area contributed by atoms with Crippen LogP contribution in [0.3, 0.4) is 0 Å². The van der Waals surface area contributed by atoms with E-state index in [0.717, 1.165) is 16.7 Å². The Balaban J connectivity index is 1.94. The fourth-order valence-corrected chi connectivity index (χ4v) is 4.27. The molecule has 0 spiro atoms. The summed E-state index contributed by atoms with van der Waals surface area (Å²) in [6, 6.07) is 10.2. The van der Waals surface area contributed by atoms with E-state index in [-0.39, 0.29) is 5.24 Å². The summed E-state index contributed by atoms with van der Waals surface area (Å²) >= 11 is 10.3. The molecular weight excluding hydrogens is 478 g/mol. The summed E-state index contributed by atoms with van der Waals surface area (Å²) in [5.41, 5.74) is 1.13. The van der Waals surface area contributed by atoms with Crippen LogP contribution < -0.4 is 14.4 Å². The Morgan fingerprint density at radius 1 is 1.24 bits per heavy atom. The van der Waals surface area contributed by atoms with Crippen LogP contribution in [0.25, 0.3) is 6.08 Å². The number of rotatable bonds is 7. The number of imide groups is 1. The highest BCUT2D eigenvalue weighted by Crippen LogP contribution is 2.40. The van der Waals surface area contributed by atoms with Gasteiger partial charge in [0.1, 0.15) is 6.61 Å². The summed E-state index contributed by atoms with van der Waals surface area (Å²) < 4.78 is 12.0. The molecule has 2 amide bonds. The molecule has 0 saturated carbocycles. The lowest BCUT2D eigenvalue weighted by Crippen LogP contribution is -2.27. The van der Waals surface area contributed by atoms with Crippen LogP contribution in [0.5, 0.6) is 11.5 Å². The van der Waals surface area contributed by atoms with Gasteiger partial charge in [0.25, 0.3) is 11.1 Å². The zero-order valence-electron chi connectivity index (χ0n) is 15.5. The Hall–Kier alpha value is -2.22. The molecule has 1 aliphatic heterocycles. The molecule has 0 aliphatic carbocycles. The lowest BCUT2D eigenvalue weighted by Gasteiger charge is -2.14. The first kappa shape index (κ1) is 21.5. The molecule has 2 aromatic rings. The van der Waals surface area contributed by atoms with E-state index in [9.17, 15) is 9.59 Å². The van der Waals surface area contributed by atoms with Crippen molar-refractivity contribution in [2.24, 2.45) is 0 Å². The van der Waals surface area contributed by atoms with Crippen LogP contribution in [0.4, 0.5) is 10.5 Å². The monoisotopic (exact) mass is 493 g/mol. The minimum atomic E-state index is -0.400. The quantitative estimate of drug-likeness (QED) is 0.334. The molecule has 0 atom stereocenters. The van der Waals surface area contributed by atoms with E-state index in [0.29, 0.717) is 50.4 Å². The number of amides is 2. The molecule has 0 N–H and O–H groups in total. The number of ether oxygens (including phenoxy) is 2. The summed E-state index contributed by atoms with van der Waals surface area (Å²) in [7, 11) is 0. The van der Waals surface area contributed by atoms with Gasteiger partial charge in [-0.1, -0.05) is 30.3 Å². The lowest BCUT2D eigenvalue weighted by atomic mass is 10.1. The molecule has 5 nitrogen and oxygen atoms in total. The van der Waals surface area contributed by atoms with Gasteiger partial charge in [-0.15, -0.1) is 0 Å². The van der Waals surface area contributed by atoms with Crippen LogP contribution in [0.15, 0.2) is 58.4 Å². The topological polar surface area (TPSA) is 55.8 Å². The average Bonchev–Trinajstić information content (AvgIpc) is 2.94. The molecular formula is C21H17BrClNO4S. The zero-order chi connectivity index (χ0) is 21.0. The predicted octanol–water partition coefficient (Wildman–Crippen LogP) is 6.31. The van der Waals surface area contributed by atoms with Crippen LogP contribution >= 0.6 is 39.3 Å². The normalized spacial score (nSPS) is 15.1. The van der Waals surface area contributed by atoms with Gasteiger partial charge in [0.05, 0.1) is 21.7 Å². The molecule has 2 aromatic carbocycles. The van der Waals surface area contributed by atoms with E-state index in [2.05, 4.69) is 22.5 Å². The molecule has 1 aliphatic rings. The van der Waals surface area contributed by atoms with Crippen molar-refractivity contribution in [1.82, 2.24) is 0 Å². The van der Waals surface area contributed by atoms with Crippen molar-refractivity contribution in [3.63, 3.8) is 0 Å². The summed E-state index contributed by atoms with van der Waals surface area (Å²) in [5.74, 6) is 0.684. The number of thioether (sulfide) groups is 1. The van der Waals surface area contributed by atoms with Gasteiger partial charge >= 0.3 is 0 Å². The first-order valence-electron chi connectivity index (χ1n) is 8.68. The summed E-state index contributed by atoms with van der Waals surface area (Å²) in [5, 5.41) is 0.0736. The maximum absolute atomic E-state index is 12.8. The Bertz CT molecular complexity index is 1010. The Labute approximate surface area is 186 Å². The second-order valence-corrected chi connectivity index (χ2v) is 8.14. The van der Waals surface area contributed by atoms with E-state index in [1.807, 2.05) is 6.92 Å². The van der Waals surface area contributed by atoms with Crippen molar-refractivity contribution < 1.29 is 19.1 Å². The number of anilines is 1. The van der Waals surface area contributed by atoms with E-state index >= 15 is 0 Å². The molecule has 0 radical (unpaired) electrons. The first-order valence-corrected chi connectivity index (χ1v) is 10.7. The summed E-state index contributed by atoms with van der Waals surface area (Å²) in [6.45, 7) is 6.29. The van der Waals surface area contributed by atoms with Crippen molar-refractivity contribution in [1.29, 1.82) is 0 Å². The third-order valence-electron chi connectivity index (χ3n) is 3.84. The van der Waals surface area contributed by atoms with Gasteiger partial charge in [-0.3, -0.25) is 9.59 Å². The second-order valence-electron chi connectivity index (χ2n) is 5.86. The van der Waals surface area contributed by atoms with Crippen molar-refractivity contribution in [2.75, 3.05) is 18.1 Å². The maximum atomic E-state index is 12.8. The SMILES string of the molecule is C=CCOc1c(Br)cc(/C=C2/SC(=O)N(c3cccc(Cl)c3)C2=O)cc1OCC. The molecule has 1 fully saturated rings. The molecule has 3 rings (SSSR count). The van der Waals surface area contributed by atoms with Gasteiger partial charge in [0, 0.05) is 5.02 Å². The van der Waals surface area contributed by atoms with Crippen LogP contribution in [0.1, 0.15) is 12.5 Å². The minimum Gasteiger partial charge on any atom is -0.490 e. The van der Waals surface area contributed by atoms with Gasteiger partial charge in [-0.25, -0.2) is 4.90 Å². The predicted molar refractivity (Wildman–Crippen MR) is 121 cm³/mol. The van der Waals surface area contributed by atoms with Crippen LogP contribution in [0.2, 0.25) is 5.02 Å². The smallest absolute Gasteiger partial charge is 0.298 e. The molecule has 150 valence electrons. The number of hydrogen-bond acceptors (Lipinski definition) is 5. The number of halogens is 2. The highest BCUT2D eigenvalue weighted by molar-refractivity contribution is 9.10. The Morgan fingerprint density at radius 3 is 2.72 bits per heavy atom. The van der Waals surface area contributed by atoms with Crippen molar-refractivity contribution in [2.45, 2.75) is 6.92 Å². The number of carbonyl (C=O) groups excluding carboxylic acids is 2. The van der Waals surface area contributed by atoms with Gasteiger partial charge in [-0.05, 0) is 76.6 Å². The van der Waals surface area contributed by atoms with Crippen LogP contribution in [-0.4, -0.2) is 24.4 Å². The van der Waals surface area contributed by atoms with Crippen LogP contribution in [-0.2, 0) is 4.79 Å². The molecule has 0 unspecified atom stereocenters. The molecule has 1 saturated heterocycles. The fraction of sp³-hybridized carbons (Fsp3) is 0.143. The number of nitrogens with zero attached hydrogens (tertiary/aromatic N) is 1. The van der Waals surface area contributed by atoms with E-state index < -0.39 is 5.91 Å². The number of benzene rings is 2. The molecule has 0 bridgehead atoms. The molecule has 1 heterocycles. The average molecular weight is 495 g/mol. The summed E-state index contributed by atoms with van der Waals surface area (Å²) in [4.78, 5) is 26.7. The second kappa shape index (κ2) is 9.52. The maximum Gasteiger partial charge on any atom is 0.298 e. The highest BCUT2D eigenvalue weighted by Gasteiger charge is 2.36. The van der Waals surface area contributed by atoms with E-state index in [4.69, 9.17) is 21.1 Å². The van der Waals surface area contributed by atoms with E-state index in [1.165, 1.54) is 0 Å². The number of carbonyl (C=O) groups is 2. The van der Waals surface area contributed by atoms with Crippen LogP contribution in [0, 0.1) is 0 Å². The molecule has 29 heavy (non-hydrogen) atoms. The number of hydrogen-bond donors (Lipinski definition) is 0. The van der Waals surface area contributed by atoms with Crippen molar-refractivity contribution >= 4 is 62.2 Å². The Kier molecular flexibility index (Phi) is 7.05. The highest BCUT2D eigenvalue weighted by atomic mass is 79.9. The van der Waals surface area contributed by atoms with Gasteiger partial charge < -0.3 is 9.47 Å². The standard InChI is InChI=1S/C21H17BrClNO4S/c1-3-8-28-19-16(22)9-13(10-17(19)27-4-2)11-18-20(25)24(21(26)29-18)15-7-5-6-14(23)12-15/h3,5-7,9-12H,1,4,8H2,2H3/b18-11+. The third kappa shape index (κ3) is 4.86. The minimum absolute atomic E-state index is 0.309. The van der Waals surface area contributed by atoms with Gasteiger partial charge in [0.15, 0.2) is 11.5 Å². The van der Waals surface area contributed by atoms with E-state index in [1.54, 1.807) is 48.6 Å². The van der Waals surface area contributed by atoms with Gasteiger partial charge in [0.2, 0.25) is 0 Å². The van der Waals surface area contributed by atoms with Crippen molar-refractivity contribution in [3.05, 3.63) is 69.0 Å². The third-order valence-corrected chi connectivity index (χ3v) is 5.53. The van der Waals surface area contributed by atoms with Gasteiger partial charge in [-0.2, -0.15) is 0 Å². The lowest BCUT2D eigenvalue weighted by molar-refractivity contribution is -0.113.